The predicted octanol–water partition coefficient (Wildman–Crippen LogP) is 3.12. The van der Waals surface area contributed by atoms with Crippen molar-refractivity contribution in [2.75, 3.05) is 61.7 Å². The number of carbonyl (C=O) groups excluding carboxylic acids is 1. The Morgan fingerprint density at radius 2 is 1.93 bits per heavy atom. The predicted molar refractivity (Wildman–Crippen MR) is 145 cm³/mol. The Balaban J connectivity index is 1.63. The van der Waals surface area contributed by atoms with Crippen LogP contribution in [0.2, 0.25) is 0 Å². The number of sulfonamides is 1. The number of alkyl halides is 3. The lowest BCUT2D eigenvalue weighted by molar-refractivity contribution is -0.137. The number of rotatable bonds is 9. The minimum Gasteiger partial charge on any atom is -0.495 e. The van der Waals surface area contributed by atoms with Crippen molar-refractivity contribution in [1.82, 2.24) is 19.9 Å². The summed E-state index contributed by atoms with van der Waals surface area (Å²) in [6, 6.07) is 7.72. The molecule has 0 aliphatic carbocycles. The topological polar surface area (TPSA) is 139 Å². The Kier molecular flexibility index (Phi) is 8.82. The second-order valence-corrected chi connectivity index (χ2v) is 11.0. The molecule has 0 spiro atoms. The molecule has 2 aromatic heterocycles. The van der Waals surface area contributed by atoms with E-state index in [1.165, 1.54) is 38.6 Å². The molecule has 1 aliphatic heterocycles. The van der Waals surface area contributed by atoms with Crippen molar-refractivity contribution >= 4 is 39.2 Å². The molecule has 16 heteroatoms. The summed E-state index contributed by atoms with van der Waals surface area (Å²) in [4.78, 5) is 26.5. The number of halogens is 3. The molecule has 1 aromatic carbocycles. The van der Waals surface area contributed by atoms with Crippen molar-refractivity contribution < 1.29 is 35.9 Å². The Labute approximate surface area is 234 Å². The average molecular weight is 596 g/mol. The summed E-state index contributed by atoms with van der Waals surface area (Å²) >= 11 is 0. The van der Waals surface area contributed by atoms with Crippen LogP contribution in [0.1, 0.15) is 21.5 Å². The first-order chi connectivity index (χ1) is 19.4. The van der Waals surface area contributed by atoms with E-state index < -0.39 is 27.6 Å². The molecular weight excluding hydrogens is 567 g/mol. The standard InChI is InChI=1S/C25H28F3N7O5S/c1-34(41(3,37)38)22-17(5-4-8-29-22)14-30-21-18(25(26,27)28)15-31-24(33-21)32-19-13-16(6-7-20(19)39-2)23(36)35-9-11-40-12-10-35/h4-8,13,15H,9-12,14H2,1-3H3,(H2,30,31,32,33). The van der Waals surface area contributed by atoms with Crippen LogP contribution in [-0.2, 0) is 27.5 Å². The average Bonchev–Trinajstić information content (AvgIpc) is 2.95. The van der Waals surface area contributed by atoms with E-state index in [1.807, 2.05) is 0 Å². The molecule has 2 N–H and O–H groups in total. The number of ether oxygens (including phenoxy) is 2. The zero-order valence-corrected chi connectivity index (χ0v) is 23.2. The molecule has 0 bridgehead atoms. The number of pyridine rings is 1. The Morgan fingerprint density at radius 1 is 1.20 bits per heavy atom. The number of nitrogens with one attached hydrogen (secondary N) is 2. The normalized spacial score (nSPS) is 14.0. The van der Waals surface area contributed by atoms with Crippen molar-refractivity contribution in [2.24, 2.45) is 0 Å². The van der Waals surface area contributed by atoms with Crippen LogP contribution in [0.4, 0.5) is 36.4 Å². The van der Waals surface area contributed by atoms with Gasteiger partial charge in [-0.2, -0.15) is 18.2 Å². The number of carbonyl (C=O) groups is 1. The van der Waals surface area contributed by atoms with E-state index in [2.05, 4.69) is 25.6 Å². The third kappa shape index (κ3) is 7.13. The van der Waals surface area contributed by atoms with Crippen LogP contribution in [0.5, 0.6) is 5.75 Å². The summed E-state index contributed by atoms with van der Waals surface area (Å²) < 4.78 is 77.1. The Morgan fingerprint density at radius 3 is 2.59 bits per heavy atom. The van der Waals surface area contributed by atoms with Crippen LogP contribution in [0.15, 0.2) is 42.7 Å². The van der Waals surface area contributed by atoms with Crippen LogP contribution in [0.25, 0.3) is 0 Å². The van der Waals surface area contributed by atoms with Crippen LogP contribution >= 0.6 is 0 Å². The molecule has 0 unspecified atom stereocenters. The number of amides is 1. The van der Waals surface area contributed by atoms with Crippen LogP contribution in [-0.4, -0.2) is 80.9 Å². The quantitative estimate of drug-likeness (QED) is 0.379. The zero-order valence-electron chi connectivity index (χ0n) is 22.4. The Bertz CT molecular complexity index is 1520. The molecule has 1 fully saturated rings. The lowest BCUT2D eigenvalue weighted by atomic mass is 10.1. The molecular formula is C25H28F3N7O5S. The summed E-state index contributed by atoms with van der Waals surface area (Å²) in [6.45, 7) is 1.49. The molecule has 1 saturated heterocycles. The number of benzene rings is 1. The van der Waals surface area contributed by atoms with E-state index in [0.29, 0.717) is 49.4 Å². The van der Waals surface area contributed by atoms with Crippen LogP contribution in [0.3, 0.4) is 0 Å². The largest absolute Gasteiger partial charge is 0.495 e. The van der Waals surface area contributed by atoms with Crippen molar-refractivity contribution in [2.45, 2.75) is 12.7 Å². The summed E-state index contributed by atoms with van der Waals surface area (Å²) in [5.41, 5.74) is -0.216. The van der Waals surface area contributed by atoms with E-state index in [-0.39, 0.29) is 29.9 Å². The molecule has 220 valence electrons. The van der Waals surface area contributed by atoms with Gasteiger partial charge >= 0.3 is 6.18 Å². The molecule has 0 saturated carbocycles. The summed E-state index contributed by atoms with van der Waals surface area (Å²) in [6.07, 6.45) is -1.80. The van der Waals surface area contributed by atoms with Gasteiger partial charge in [0.05, 0.1) is 32.3 Å². The van der Waals surface area contributed by atoms with Gasteiger partial charge in [0.15, 0.2) is 0 Å². The van der Waals surface area contributed by atoms with Gasteiger partial charge in [-0.25, -0.2) is 18.4 Å². The first kappa shape index (κ1) is 29.8. The zero-order chi connectivity index (χ0) is 29.8. The highest BCUT2D eigenvalue weighted by Crippen LogP contribution is 2.35. The van der Waals surface area contributed by atoms with E-state index in [4.69, 9.17) is 9.47 Å². The number of methoxy groups -OCH3 is 1. The van der Waals surface area contributed by atoms with Gasteiger partial charge < -0.3 is 25.0 Å². The molecule has 0 radical (unpaired) electrons. The molecule has 3 aromatic rings. The van der Waals surface area contributed by atoms with Gasteiger partial charge in [-0.1, -0.05) is 6.07 Å². The fourth-order valence-electron chi connectivity index (χ4n) is 3.98. The maximum absolute atomic E-state index is 13.8. The highest BCUT2D eigenvalue weighted by Gasteiger charge is 2.35. The van der Waals surface area contributed by atoms with Gasteiger partial charge in [-0.3, -0.25) is 9.10 Å². The SMILES string of the molecule is COc1ccc(C(=O)N2CCOCC2)cc1Nc1ncc(C(F)(F)F)c(NCc2cccnc2N(C)S(C)(=O)=O)n1. The maximum atomic E-state index is 13.8. The minimum atomic E-state index is -4.79. The number of hydrogen-bond donors (Lipinski definition) is 2. The number of morpholine rings is 1. The summed E-state index contributed by atoms with van der Waals surface area (Å²) in [5, 5.41) is 5.47. The van der Waals surface area contributed by atoms with Crippen molar-refractivity contribution in [3.8, 4) is 5.75 Å². The third-order valence-electron chi connectivity index (χ3n) is 6.19. The van der Waals surface area contributed by atoms with Crippen LogP contribution < -0.4 is 19.7 Å². The molecule has 3 heterocycles. The first-order valence-corrected chi connectivity index (χ1v) is 14.1. The van der Waals surface area contributed by atoms with Crippen molar-refractivity contribution in [3.63, 3.8) is 0 Å². The fourth-order valence-corrected chi connectivity index (χ4v) is 4.46. The second kappa shape index (κ2) is 12.1. The second-order valence-electron chi connectivity index (χ2n) is 8.97. The van der Waals surface area contributed by atoms with Gasteiger partial charge in [0.1, 0.15) is 22.9 Å². The third-order valence-corrected chi connectivity index (χ3v) is 7.36. The molecule has 12 nitrogen and oxygen atoms in total. The number of nitrogens with zero attached hydrogens (tertiary/aromatic N) is 5. The number of anilines is 4. The minimum absolute atomic E-state index is 0.0509. The highest BCUT2D eigenvalue weighted by atomic mass is 32.2. The van der Waals surface area contributed by atoms with E-state index in [1.54, 1.807) is 17.0 Å². The lowest BCUT2D eigenvalue weighted by Gasteiger charge is -2.27. The molecule has 4 rings (SSSR count). The molecule has 0 atom stereocenters. The number of hydrogen-bond acceptors (Lipinski definition) is 10. The van der Waals surface area contributed by atoms with Gasteiger partial charge in [-0.05, 0) is 24.3 Å². The molecule has 1 aliphatic rings. The smallest absolute Gasteiger partial charge is 0.421 e. The fraction of sp³-hybridized carbons (Fsp3) is 0.360. The number of aromatic nitrogens is 3. The first-order valence-electron chi connectivity index (χ1n) is 12.3. The highest BCUT2D eigenvalue weighted by molar-refractivity contribution is 7.92. The summed E-state index contributed by atoms with van der Waals surface area (Å²) in [7, 11) is -0.977. The Hall–Kier alpha value is -4.18. The maximum Gasteiger partial charge on any atom is 0.421 e. The van der Waals surface area contributed by atoms with Crippen molar-refractivity contribution in [3.05, 3.63) is 59.4 Å². The lowest BCUT2D eigenvalue weighted by Crippen LogP contribution is -2.40. The van der Waals surface area contributed by atoms with E-state index in [0.717, 1.165) is 10.6 Å². The van der Waals surface area contributed by atoms with Gasteiger partial charge in [0.2, 0.25) is 16.0 Å². The van der Waals surface area contributed by atoms with Gasteiger partial charge in [-0.15, -0.1) is 0 Å². The van der Waals surface area contributed by atoms with Gasteiger partial charge in [0.25, 0.3) is 5.91 Å². The van der Waals surface area contributed by atoms with Crippen LogP contribution in [0, 0.1) is 0 Å². The van der Waals surface area contributed by atoms with Gasteiger partial charge in [0, 0.05) is 50.2 Å². The molecule has 1 amide bonds. The monoisotopic (exact) mass is 595 g/mol. The van der Waals surface area contributed by atoms with E-state index >= 15 is 0 Å². The van der Waals surface area contributed by atoms with E-state index in [9.17, 15) is 26.4 Å². The summed E-state index contributed by atoms with van der Waals surface area (Å²) in [5.74, 6) is -0.623. The van der Waals surface area contributed by atoms with Crippen molar-refractivity contribution in [1.29, 1.82) is 0 Å². The molecule has 41 heavy (non-hydrogen) atoms.